The van der Waals surface area contributed by atoms with Crippen LogP contribution >= 0.6 is 0 Å². The molecule has 35 heavy (non-hydrogen) atoms. The van der Waals surface area contributed by atoms with Gasteiger partial charge in [0.05, 0.1) is 0 Å². The summed E-state index contributed by atoms with van der Waals surface area (Å²) in [5.41, 5.74) is 10.5. The van der Waals surface area contributed by atoms with E-state index in [0.29, 0.717) is 5.92 Å². The molecule has 6 rings (SSSR count). The van der Waals surface area contributed by atoms with Gasteiger partial charge in [-0.2, -0.15) is 0 Å². The van der Waals surface area contributed by atoms with Crippen molar-refractivity contribution in [2.45, 2.75) is 25.8 Å². The molecule has 0 fully saturated rings. The molecule has 3 aliphatic heterocycles. The molecule has 174 valence electrons. The summed E-state index contributed by atoms with van der Waals surface area (Å²) in [6, 6.07) is 26.9. The van der Waals surface area contributed by atoms with E-state index in [9.17, 15) is 0 Å². The molecule has 3 aliphatic rings. The highest BCUT2D eigenvalue weighted by Crippen LogP contribution is 2.52. The second-order valence-electron chi connectivity index (χ2n) is 10.0. The van der Waals surface area contributed by atoms with Gasteiger partial charge in [0.25, 0.3) is 0 Å². The fourth-order valence-corrected chi connectivity index (χ4v) is 5.93. The van der Waals surface area contributed by atoms with Gasteiger partial charge in [0.2, 0.25) is 0 Å². The molecule has 3 heterocycles. The summed E-state index contributed by atoms with van der Waals surface area (Å²) in [5.74, 6) is 0.504. The number of allylic oxidation sites excluding steroid dienone is 5. The Balaban J connectivity index is 1.62. The van der Waals surface area contributed by atoms with Crippen LogP contribution in [0.4, 0.5) is 0 Å². The molecule has 1 spiro atoms. The van der Waals surface area contributed by atoms with Crippen molar-refractivity contribution in [3.05, 3.63) is 137 Å². The van der Waals surface area contributed by atoms with Gasteiger partial charge >= 0.3 is 0 Å². The Bertz CT molecular complexity index is 1370. The van der Waals surface area contributed by atoms with Crippen LogP contribution in [0, 0.1) is 5.92 Å². The molecular formula is C33H32N2. The zero-order valence-corrected chi connectivity index (χ0v) is 20.5. The Morgan fingerprint density at radius 3 is 2.54 bits per heavy atom. The minimum absolute atomic E-state index is 0.276. The van der Waals surface area contributed by atoms with Crippen LogP contribution in [0.15, 0.2) is 115 Å². The van der Waals surface area contributed by atoms with E-state index in [0.717, 1.165) is 19.5 Å². The molecule has 0 unspecified atom stereocenters. The molecule has 0 radical (unpaired) electrons. The molecule has 3 aromatic carbocycles. The van der Waals surface area contributed by atoms with Crippen LogP contribution in [0.2, 0.25) is 0 Å². The van der Waals surface area contributed by atoms with Crippen LogP contribution in [0.5, 0.6) is 0 Å². The van der Waals surface area contributed by atoms with E-state index in [4.69, 9.17) is 0 Å². The maximum atomic E-state index is 3.66. The monoisotopic (exact) mass is 456 g/mol. The van der Waals surface area contributed by atoms with Crippen molar-refractivity contribution < 1.29 is 0 Å². The number of hydrogen-bond acceptors (Lipinski definition) is 2. The number of nitrogens with one attached hydrogen (secondary N) is 1. The molecule has 1 N–H and O–H groups in total. The number of hydrogen-bond donors (Lipinski definition) is 1. The van der Waals surface area contributed by atoms with Crippen LogP contribution in [0.1, 0.15) is 36.1 Å². The third-order valence-corrected chi connectivity index (χ3v) is 7.70. The van der Waals surface area contributed by atoms with Gasteiger partial charge in [-0.3, -0.25) is 0 Å². The lowest BCUT2D eigenvalue weighted by Gasteiger charge is -2.43. The topological polar surface area (TPSA) is 15.3 Å². The van der Waals surface area contributed by atoms with Crippen LogP contribution < -0.4 is 5.32 Å². The van der Waals surface area contributed by atoms with Gasteiger partial charge in [0.15, 0.2) is 0 Å². The van der Waals surface area contributed by atoms with Gasteiger partial charge in [-0.05, 0) is 70.1 Å². The first-order valence-electron chi connectivity index (χ1n) is 12.7. The predicted octanol–water partition coefficient (Wildman–Crippen LogP) is 7.07. The van der Waals surface area contributed by atoms with Crippen LogP contribution in [0.25, 0.3) is 16.8 Å². The van der Waals surface area contributed by atoms with E-state index < -0.39 is 0 Å². The molecule has 0 aliphatic carbocycles. The quantitative estimate of drug-likeness (QED) is 0.444. The fraction of sp³-hybridized carbons (Fsp3) is 0.212. The lowest BCUT2D eigenvalue weighted by molar-refractivity contribution is 0.235. The van der Waals surface area contributed by atoms with Gasteiger partial charge < -0.3 is 10.2 Å². The average Bonchev–Trinajstić information content (AvgIpc) is 3.18. The minimum Gasteiger partial charge on any atom is -0.388 e. The first-order valence-corrected chi connectivity index (χ1v) is 12.7. The standard InChI is InChI=1S/C33H32N2/c1-24(2)27-18-20-35-32(22-27)29-21-28(25-11-5-3-6-12-25)16-17-31(29)33(35)23-34-19-10-4-7-13-26-14-8-9-15-30(26)33/h3-12,14-19,21-22,24,34H,13,20,23H2,1-2H3/b7-4-,19-10-/t33-/m0/s1. The summed E-state index contributed by atoms with van der Waals surface area (Å²) < 4.78 is 0. The second-order valence-corrected chi connectivity index (χ2v) is 10.0. The summed E-state index contributed by atoms with van der Waals surface area (Å²) >= 11 is 0. The lowest BCUT2D eigenvalue weighted by atomic mass is 9.78. The maximum Gasteiger partial charge on any atom is 0.109 e. The predicted molar refractivity (Wildman–Crippen MR) is 147 cm³/mol. The Hall–Kier alpha value is -3.78. The molecule has 2 nitrogen and oxygen atoms in total. The third-order valence-electron chi connectivity index (χ3n) is 7.70. The summed E-state index contributed by atoms with van der Waals surface area (Å²) in [6.45, 7) is 6.31. The summed E-state index contributed by atoms with van der Waals surface area (Å²) in [4.78, 5) is 2.64. The molecule has 0 bridgehead atoms. The third kappa shape index (κ3) is 3.56. The first kappa shape index (κ1) is 21.7. The summed E-state index contributed by atoms with van der Waals surface area (Å²) in [5, 5.41) is 3.66. The van der Waals surface area contributed by atoms with Gasteiger partial charge in [0, 0.05) is 24.4 Å². The van der Waals surface area contributed by atoms with E-state index in [1.165, 1.54) is 44.7 Å². The van der Waals surface area contributed by atoms with Crippen molar-refractivity contribution >= 4 is 5.70 Å². The molecular weight excluding hydrogens is 424 g/mol. The van der Waals surface area contributed by atoms with Crippen LogP contribution in [0.3, 0.4) is 0 Å². The Labute approximate surface area is 209 Å². The zero-order valence-electron chi connectivity index (χ0n) is 20.5. The van der Waals surface area contributed by atoms with E-state index in [2.05, 4.69) is 133 Å². The van der Waals surface area contributed by atoms with E-state index >= 15 is 0 Å². The summed E-state index contributed by atoms with van der Waals surface area (Å²) in [6.07, 6.45) is 14.4. The average molecular weight is 457 g/mol. The smallest absolute Gasteiger partial charge is 0.109 e. The molecule has 3 aromatic rings. The van der Waals surface area contributed by atoms with Gasteiger partial charge in [-0.15, -0.1) is 0 Å². The highest BCUT2D eigenvalue weighted by molar-refractivity contribution is 5.82. The molecule has 0 amide bonds. The van der Waals surface area contributed by atoms with E-state index in [1.54, 1.807) is 0 Å². The molecule has 1 atom stereocenters. The Kier molecular flexibility index (Phi) is 5.45. The largest absolute Gasteiger partial charge is 0.388 e. The molecule has 0 saturated heterocycles. The lowest BCUT2D eigenvalue weighted by Crippen LogP contribution is -2.49. The van der Waals surface area contributed by atoms with Crippen LogP contribution in [-0.4, -0.2) is 18.0 Å². The molecule has 0 aromatic heterocycles. The Morgan fingerprint density at radius 2 is 1.69 bits per heavy atom. The number of fused-ring (bicyclic) bond motifs is 7. The highest BCUT2D eigenvalue weighted by Gasteiger charge is 2.49. The maximum absolute atomic E-state index is 3.66. The Morgan fingerprint density at radius 1 is 0.857 bits per heavy atom. The normalized spacial score (nSPS) is 22.4. The van der Waals surface area contributed by atoms with Gasteiger partial charge in [-0.1, -0.05) is 98.8 Å². The zero-order chi connectivity index (χ0) is 23.8. The van der Waals surface area contributed by atoms with E-state index in [1.807, 2.05) is 0 Å². The van der Waals surface area contributed by atoms with Crippen LogP contribution in [-0.2, 0) is 12.0 Å². The SMILES string of the molecule is CC(C)C1=CCN2C(=C1)c1cc(-c3ccccc3)ccc1[C@@]21CN/C=C\C=C/Cc2ccccc21. The van der Waals surface area contributed by atoms with Crippen molar-refractivity contribution in [2.75, 3.05) is 13.1 Å². The second kappa shape index (κ2) is 8.78. The number of benzene rings is 3. The number of rotatable bonds is 2. The fourth-order valence-electron chi connectivity index (χ4n) is 5.93. The first-order chi connectivity index (χ1) is 17.2. The van der Waals surface area contributed by atoms with Crippen molar-refractivity contribution in [1.82, 2.24) is 10.2 Å². The van der Waals surface area contributed by atoms with Crippen molar-refractivity contribution in [3.8, 4) is 11.1 Å². The van der Waals surface area contributed by atoms with E-state index in [-0.39, 0.29) is 5.54 Å². The van der Waals surface area contributed by atoms with Gasteiger partial charge in [0.1, 0.15) is 5.54 Å². The highest BCUT2D eigenvalue weighted by atomic mass is 15.3. The molecule has 0 saturated carbocycles. The van der Waals surface area contributed by atoms with Crippen molar-refractivity contribution in [2.24, 2.45) is 5.92 Å². The van der Waals surface area contributed by atoms with Crippen molar-refractivity contribution in [3.63, 3.8) is 0 Å². The summed E-state index contributed by atoms with van der Waals surface area (Å²) in [7, 11) is 0. The van der Waals surface area contributed by atoms with Gasteiger partial charge in [-0.25, -0.2) is 0 Å². The van der Waals surface area contributed by atoms with Crippen molar-refractivity contribution in [1.29, 1.82) is 0 Å². The number of nitrogens with zero attached hydrogens (tertiary/aromatic N) is 1. The molecule has 2 heteroatoms. The minimum atomic E-state index is -0.276.